The first kappa shape index (κ1) is 9.97. The summed E-state index contributed by atoms with van der Waals surface area (Å²) in [5.41, 5.74) is -0.671. The van der Waals surface area contributed by atoms with Crippen molar-refractivity contribution in [2.45, 2.75) is 31.4 Å². The summed E-state index contributed by atoms with van der Waals surface area (Å²) in [5.74, 6) is 0. The monoisotopic (exact) mass is 251 g/mol. The van der Waals surface area contributed by atoms with Gasteiger partial charge in [-0.2, -0.15) is 0 Å². The predicted octanol–water partition coefficient (Wildman–Crippen LogP) is -2.06. The molecule has 1 saturated heterocycles. The van der Waals surface area contributed by atoms with Crippen molar-refractivity contribution in [1.29, 1.82) is 0 Å². The molecule has 2 aliphatic rings. The van der Waals surface area contributed by atoms with E-state index in [1.807, 2.05) is 0 Å². The van der Waals surface area contributed by atoms with E-state index in [1.165, 1.54) is 9.25 Å². The van der Waals surface area contributed by atoms with Crippen molar-refractivity contribution in [3.8, 4) is 0 Å². The van der Waals surface area contributed by atoms with E-state index < -0.39 is 29.7 Å². The molecule has 1 fully saturated rings. The molecule has 9 heteroatoms. The van der Waals surface area contributed by atoms with E-state index in [2.05, 4.69) is 15.3 Å². The van der Waals surface area contributed by atoms with Gasteiger partial charge in [0.15, 0.2) is 11.2 Å². The number of hydrogen-bond donors (Lipinski definition) is 2. The maximum absolute atomic E-state index is 11.9. The van der Waals surface area contributed by atoms with Crippen molar-refractivity contribution < 1.29 is 9.84 Å². The molecule has 18 heavy (non-hydrogen) atoms. The number of H-pyrrole nitrogens is 1. The second-order valence-electron chi connectivity index (χ2n) is 4.51. The van der Waals surface area contributed by atoms with Crippen molar-refractivity contribution in [3.05, 3.63) is 20.8 Å². The standard InChI is InChI=1S/C9H9N5O4/c15-3-1-5-14-8-6(7(16)10-9(14)17)11-12-13(8)2-4(3)18-5/h3-5,15H,1-2H2,(H,10,16,17)/t3?,4?,5-/m1/s1. The number of ether oxygens (including phenoxy) is 1. The van der Waals surface area contributed by atoms with Crippen LogP contribution < -0.4 is 11.2 Å². The summed E-state index contributed by atoms with van der Waals surface area (Å²) in [6.45, 7) is 0.275. The highest BCUT2D eigenvalue weighted by molar-refractivity contribution is 5.68. The predicted molar refractivity (Wildman–Crippen MR) is 56.9 cm³/mol. The Kier molecular flexibility index (Phi) is 1.69. The summed E-state index contributed by atoms with van der Waals surface area (Å²) in [5, 5.41) is 17.4. The molecule has 0 aromatic carbocycles. The Morgan fingerprint density at radius 3 is 3.11 bits per heavy atom. The maximum Gasteiger partial charge on any atom is 0.332 e. The van der Waals surface area contributed by atoms with Crippen LogP contribution in [-0.2, 0) is 11.3 Å². The first-order chi connectivity index (χ1) is 8.65. The quantitative estimate of drug-likeness (QED) is 0.556. The lowest BCUT2D eigenvalue weighted by Gasteiger charge is -2.13. The minimum Gasteiger partial charge on any atom is -0.390 e. The van der Waals surface area contributed by atoms with Crippen LogP contribution in [0.5, 0.6) is 0 Å². The summed E-state index contributed by atoms with van der Waals surface area (Å²) in [6, 6.07) is 0. The Bertz CT molecular complexity index is 758. The van der Waals surface area contributed by atoms with E-state index in [0.29, 0.717) is 12.1 Å². The summed E-state index contributed by atoms with van der Waals surface area (Å²) in [6.07, 6.45) is -1.36. The van der Waals surface area contributed by atoms with E-state index in [1.54, 1.807) is 0 Å². The summed E-state index contributed by atoms with van der Waals surface area (Å²) < 4.78 is 8.32. The Hall–Kier alpha value is -2.00. The van der Waals surface area contributed by atoms with Crippen LogP contribution in [0.4, 0.5) is 0 Å². The van der Waals surface area contributed by atoms with Crippen LogP contribution in [0.25, 0.3) is 11.2 Å². The molecule has 3 atom stereocenters. The minimum absolute atomic E-state index is 0.111. The first-order valence-electron chi connectivity index (χ1n) is 5.56. The van der Waals surface area contributed by atoms with Gasteiger partial charge in [0.05, 0.1) is 12.6 Å². The van der Waals surface area contributed by atoms with Gasteiger partial charge in [0.25, 0.3) is 5.56 Å². The number of nitrogens with one attached hydrogen (secondary N) is 1. The highest BCUT2D eigenvalue weighted by Crippen LogP contribution is 2.32. The molecule has 2 bridgehead atoms. The second-order valence-corrected chi connectivity index (χ2v) is 4.51. The van der Waals surface area contributed by atoms with Gasteiger partial charge in [-0.1, -0.05) is 5.21 Å². The minimum atomic E-state index is -0.652. The van der Waals surface area contributed by atoms with Crippen LogP contribution in [0.3, 0.4) is 0 Å². The van der Waals surface area contributed by atoms with E-state index in [4.69, 9.17) is 4.74 Å². The lowest BCUT2D eigenvalue weighted by Crippen LogP contribution is -2.33. The Balaban J connectivity index is 2.15. The van der Waals surface area contributed by atoms with E-state index >= 15 is 0 Å². The average molecular weight is 251 g/mol. The molecule has 0 aliphatic carbocycles. The number of hydrogen-bond acceptors (Lipinski definition) is 6. The van der Waals surface area contributed by atoms with Crippen LogP contribution >= 0.6 is 0 Å². The first-order valence-corrected chi connectivity index (χ1v) is 5.56. The van der Waals surface area contributed by atoms with Crippen LogP contribution in [0.2, 0.25) is 0 Å². The van der Waals surface area contributed by atoms with Gasteiger partial charge >= 0.3 is 5.69 Å². The van der Waals surface area contributed by atoms with Crippen LogP contribution in [0, 0.1) is 0 Å². The molecule has 4 rings (SSSR count). The molecule has 0 amide bonds. The van der Waals surface area contributed by atoms with Gasteiger partial charge in [-0.25, -0.2) is 14.0 Å². The smallest absolute Gasteiger partial charge is 0.332 e. The molecule has 4 heterocycles. The van der Waals surface area contributed by atoms with Gasteiger partial charge in [0.2, 0.25) is 0 Å². The van der Waals surface area contributed by atoms with Gasteiger partial charge in [0.1, 0.15) is 12.3 Å². The summed E-state index contributed by atoms with van der Waals surface area (Å²) in [7, 11) is 0. The molecule has 2 aromatic rings. The van der Waals surface area contributed by atoms with Gasteiger partial charge < -0.3 is 9.84 Å². The van der Waals surface area contributed by atoms with Crippen molar-refractivity contribution in [2.75, 3.05) is 0 Å². The zero-order valence-corrected chi connectivity index (χ0v) is 9.11. The molecule has 2 aromatic heterocycles. The lowest BCUT2D eigenvalue weighted by molar-refractivity contribution is -0.0206. The third-order valence-electron chi connectivity index (χ3n) is 3.44. The molecule has 2 aliphatic heterocycles. The van der Waals surface area contributed by atoms with Gasteiger partial charge in [0, 0.05) is 6.42 Å². The summed E-state index contributed by atoms with van der Waals surface area (Å²) in [4.78, 5) is 25.7. The zero-order chi connectivity index (χ0) is 12.4. The number of aromatic amines is 1. The average Bonchev–Trinajstić information content (AvgIpc) is 2.81. The van der Waals surface area contributed by atoms with E-state index in [0.717, 1.165) is 0 Å². The number of aliphatic hydroxyl groups is 1. The van der Waals surface area contributed by atoms with Crippen LogP contribution in [0.15, 0.2) is 9.59 Å². The fourth-order valence-electron chi connectivity index (χ4n) is 2.60. The van der Waals surface area contributed by atoms with Crippen molar-refractivity contribution in [2.24, 2.45) is 0 Å². The molecular weight excluding hydrogens is 242 g/mol. The fourth-order valence-corrected chi connectivity index (χ4v) is 2.60. The van der Waals surface area contributed by atoms with Crippen LogP contribution in [-0.4, -0.2) is 41.9 Å². The Morgan fingerprint density at radius 2 is 2.28 bits per heavy atom. The van der Waals surface area contributed by atoms with Crippen molar-refractivity contribution in [3.63, 3.8) is 0 Å². The molecule has 94 valence electrons. The van der Waals surface area contributed by atoms with E-state index in [-0.39, 0.29) is 12.1 Å². The van der Waals surface area contributed by atoms with Crippen LogP contribution in [0.1, 0.15) is 12.6 Å². The largest absolute Gasteiger partial charge is 0.390 e. The number of rotatable bonds is 0. The number of aromatic nitrogens is 5. The maximum atomic E-state index is 11.9. The molecular formula is C9H9N5O4. The van der Waals surface area contributed by atoms with Crippen molar-refractivity contribution >= 4 is 11.2 Å². The fraction of sp³-hybridized carbons (Fsp3) is 0.556. The third kappa shape index (κ3) is 1.07. The highest BCUT2D eigenvalue weighted by Gasteiger charge is 2.40. The molecule has 0 radical (unpaired) electrons. The lowest BCUT2D eigenvalue weighted by atomic mass is 10.1. The normalized spacial score (nSPS) is 29.7. The van der Waals surface area contributed by atoms with Gasteiger partial charge in [-0.05, 0) is 0 Å². The number of aliphatic hydroxyl groups excluding tert-OH is 1. The second kappa shape index (κ2) is 3.06. The summed E-state index contributed by atoms with van der Waals surface area (Å²) >= 11 is 0. The highest BCUT2D eigenvalue weighted by atomic mass is 16.5. The van der Waals surface area contributed by atoms with Gasteiger partial charge in [-0.3, -0.25) is 9.78 Å². The molecule has 2 unspecified atom stereocenters. The zero-order valence-electron chi connectivity index (χ0n) is 9.11. The Labute approximate surface area is 98.6 Å². The Morgan fingerprint density at radius 1 is 1.44 bits per heavy atom. The topological polar surface area (TPSA) is 115 Å². The van der Waals surface area contributed by atoms with E-state index in [9.17, 15) is 14.7 Å². The molecule has 9 nitrogen and oxygen atoms in total. The molecule has 0 spiro atoms. The van der Waals surface area contributed by atoms with Crippen molar-refractivity contribution in [1.82, 2.24) is 24.5 Å². The molecule has 2 N–H and O–H groups in total. The van der Waals surface area contributed by atoms with Gasteiger partial charge in [-0.15, -0.1) is 5.10 Å². The molecule has 0 saturated carbocycles. The third-order valence-corrected chi connectivity index (χ3v) is 3.44. The SMILES string of the molecule is O=c1[nH]c(=O)n2c3c1nnn3CC1O[C@@H]2CC1O. The number of fused-ring (bicyclic) bond motifs is 3. The number of nitrogens with zero attached hydrogens (tertiary/aromatic N) is 4.